The summed E-state index contributed by atoms with van der Waals surface area (Å²) in [6.07, 6.45) is 0.849. The lowest BCUT2D eigenvalue weighted by Crippen LogP contribution is -2.33. The Kier molecular flexibility index (Phi) is 3.33. The molecule has 1 aliphatic heterocycles. The first-order valence-corrected chi connectivity index (χ1v) is 5.92. The van der Waals surface area contributed by atoms with Gasteiger partial charge < -0.3 is 10.6 Å². The number of fused-ring (bicyclic) bond motifs is 1. The van der Waals surface area contributed by atoms with Crippen molar-refractivity contribution in [1.29, 1.82) is 0 Å². The molecule has 1 aromatic carbocycles. The molecule has 90 valence electrons. The van der Waals surface area contributed by atoms with Gasteiger partial charge in [0.05, 0.1) is 11.6 Å². The molecule has 2 N–H and O–H groups in total. The zero-order chi connectivity index (χ0) is 12.4. The number of hydrogen-bond donors (Lipinski definition) is 1. The maximum atomic E-state index is 11.9. The number of nitrogens with zero attached hydrogens (tertiary/aromatic N) is 2. The van der Waals surface area contributed by atoms with Gasteiger partial charge in [-0.15, -0.1) is 11.6 Å². The number of aliphatic imine (C=N–C) groups is 1. The lowest BCUT2D eigenvalue weighted by atomic mass is 9.99. The van der Waals surface area contributed by atoms with E-state index >= 15 is 0 Å². The fourth-order valence-electron chi connectivity index (χ4n) is 1.86. The quantitative estimate of drug-likeness (QED) is 0.492. The van der Waals surface area contributed by atoms with Crippen LogP contribution in [0.2, 0.25) is 0 Å². The number of nitrogens with two attached hydrogens (primary N) is 1. The number of rotatable bonds is 2. The van der Waals surface area contributed by atoms with Crippen LogP contribution >= 0.6 is 11.6 Å². The number of carbonyl (C=O) groups excluding carboxylic acids is 1. The number of amidine groups is 1. The molecular weight excluding hydrogens is 238 g/mol. The predicted molar refractivity (Wildman–Crippen MR) is 69.1 cm³/mol. The van der Waals surface area contributed by atoms with Gasteiger partial charge in [-0.1, -0.05) is 0 Å². The van der Waals surface area contributed by atoms with E-state index in [4.69, 9.17) is 17.3 Å². The van der Waals surface area contributed by atoms with Crippen molar-refractivity contribution in [2.45, 2.75) is 6.42 Å². The first-order chi connectivity index (χ1) is 8.11. The molecule has 0 fully saturated rings. The molecular formula is C12H14ClN3O. The third-order valence-electron chi connectivity index (χ3n) is 2.79. The zero-order valence-corrected chi connectivity index (χ0v) is 10.4. The third-order valence-corrected chi connectivity index (χ3v) is 3.07. The summed E-state index contributed by atoms with van der Waals surface area (Å²) < 4.78 is 0. The summed E-state index contributed by atoms with van der Waals surface area (Å²) in [6.45, 7) is 0.740. The van der Waals surface area contributed by atoms with E-state index in [1.807, 2.05) is 13.1 Å². The lowest BCUT2D eigenvalue weighted by Gasteiger charge is -2.24. The standard InChI is InChI=1S/C12H14ClN3O/c1-16-5-4-8-6-9(15-11(14)7-13)2-3-10(8)12(16)17/h2-3,6H,4-5,7H2,1H3,(H2,14,15). The fraction of sp³-hybridized carbons (Fsp3) is 0.333. The predicted octanol–water partition coefficient (Wildman–Crippen LogP) is 1.54. The number of likely N-dealkylation sites (N-methyl/N-ethyl adjacent to an activating group) is 1. The molecule has 4 nitrogen and oxygen atoms in total. The third kappa shape index (κ3) is 2.42. The van der Waals surface area contributed by atoms with Gasteiger partial charge in [-0.3, -0.25) is 4.79 Å². The molecule has 1 aromatic rings. The van der Waals surface area contributed by atoms with Crippen molar-refractivity contribution in [2.75, 3.05) is 19.5 Å². The van der Waals surface area contributed by atoms with Crippen LogP contribution in [0.15, 0.2) is 23.2 Å². The number of hydrogen-bond acceptors (Lipinski definition) is 2. The summed E-state index contributed by atoms with van der Waals surface area (Å²) in [7, 11) is 1.81. The fourth-order valence-corrected chi connectivity index (χ4v) is 1.92. The maximum absolute atomic E-state index is 11.9. The lowest BCUT2D eigenvalue weighted by molar-refractivity contribution is 0.0781. The Labute approximate surface area is 105 Å². The molecule has 1 heterocycles. The molecule has 0 radical (unpaired) electrons. The van der Waals surface area contributed by atoms with Crippen LogP contribution in [0.25, 0.3) is 0 Å². The van der Waals surface area contributed by atoms with Crippen LogP contribution in [0.3, 0.4) is 0 Å². The highest BCUT2D eigenvalue weighted by Crippen LogP contribution is 2.23. The van der Waals surface area contributed by atoms with Crippen molar-refractivity contribution in [2.24, 2.45) is 10.7 Å². The van der Waals surface area contributed by atoms with E-state index in [-0.39, 0.29) is 11.8 Å². The van der Waals surface area contributed by atoms with Gasteiger partial charge in [-0.05, 0) is 30.2 Å². The van der Waals surface area contributed by atoms with Crippen LogP contribution in [0.4, 0.5) is 5.69 Å². The van der Waals surface area contributed by atoms with Crippen LogP contribution in [0.1, 0.15) is 15.9 Å². The van der Waals surface area contributed by atoms with Gasteiger partial charge >= 0.3 is 0 Å². The number of amides is 1. The molecule has 0 unspecified atom stereocenters. The minimum Gasteiger partial charge on any atom is -0.386 e. The normalized spacial score (nSPS) is 16.0. The van der Waals surface area contributed by atoms with Crippen LogP contribution < -0.4 is 5.73 Å². The summed E-state index contributed by atoms with van der Waals surface area (Å²) in [4.78, 5) is 17.7. The Hall–Kier alpha value is -1.55. The second-order valence-electron chi connectivity index (χ2n) is 4.05. The summed E-state index contributed by atoms with van der Waals surface area (Å²) in [6, 6.07) is 5.49. The zero-order valence-electron chi connectivity index (χ0n) is 9.61. The Bertz CT molecular complexity index is 485. The van der Waals surface area contributed by atoms with Crippen molar-refractivity contribution >= 4 is 29.0 Å². The highest BCUT2D eigenvalue weighted by Gasteiger charge is 2.21. The van der Waals surface area contributed by atoms with Crippen LogP contribution in [0.5, 0.6) is 0 Å². The molecule has 0 aliphatic carbocycles. The van der Waals surface area contributed by atoms with Gasteiger partial charge in [0.2, 0.25) is 0 Å². The molecule has 0 spiro atoms. The Morgan fingerprint density at radius 1 is 1.59 bits per heavy atom. The van der Waals surface area contributed by atoms with E-state index < -0.39 is 0 Å². The molecule has 0 saturated heterocycles. The molecule has 17 heavy (non-hydrogen) atoms. The van der Waals surface area contributed by atoms with Crippen molar-refractivity contribution < 1.29 is 4.79 Å². The average molecular weight is 252 g/mol. The van der Waals surface area contributed by atoms with Gasteiger partial charge in [0, 0.05) is 19.2 Å². The van der Waals surface area contributed by atoms with Crippen molar-refractivity contribution in [3.05, 3.63) is 29.3 Å². The molecule has 0 bridgehead atoms. The molecule has 1 aliphatic rings. The van der Waals surface area contributed by atoms with Crippen LogP contribution in [-0.4, -0.2) is 36.1 Å². The smallest absolute Gasteiger partial charge is 0.253 e. The molecule has 0 atom stereocenters. The molecule has 1 amide bonds. The molecule has 0 saturated carbocycles. The highest BCUT2D eigenvalue weighted by atomic mass is 35.5. The molecule has 2 rings (SSSR count). The first-order valence-electron chi connectivity index (χ1n) is 5.39. The highest BCUT2D eigenvalue weighted by molar-refractivity contribution is 6.28. The summed E-state index contributed by atoms with van der Waals surface area (Å²) in [5.74, 6) is 0.650. The van der Waals surface area contributed by atoms with Gasteiger partial charge in [-0.2, -0.15) is 0 Å². The van der Waals surface area contributed by atoms with E-state index in [9.17, 15) is 4.79 Å². The number of halogens is 1. The van der Waals surface area contributed by atoms with E-state index in [0.717, 1.165) is 29.8 Å². The Morgan fingerprint density at radius 2 is 2.35 bits per heavy atom. The van der Waals surface area contributed by atoms with Gasteiger partial charge in [0.1, 0.15) is 5.84 Å². The Balaban J connectivity index is 2.36. The number of carbonyl (C=O) groups is 1. The van der Waals surface area contributed by atoms with Crippen molar-refractivity contribution in [1.82, 2.24) is 4.90 Å². The summed E-state index contributed by atoms with van der Waals surface area (Å²) in [5.41, 5.74) is 8.10. The van der Waals surface area contributed by atoms with Gasteiger partial charge in [0.25, 0.3) is 5.91 Å². The van der Waals surface area contributed by atoms with E-state index in [1.165, 1.54) is 0 Å². The second-order valence-corrected chi connectivity index (χ2v) is 4.32. The first kappa shape index (κ1) is 11.9. The van der Waals surface area contributed by atoms with Gasteiger partial charge in [-0.25, -0.2) is 4.99 Å². The van der Waals surface area contributed by atoms with Gasteiger partial charge in [0.15, 0.2) is 0 Å². The monoisotopic (exact) mass is 251 g/mol. The largest absolute Gasteiger partial charge is 0.386 e. The topological polar surface area (TPSA) is 58.7 Å². The van der Waals surface area contributed by atoms with Crippen molar-refractivity contribution in [3.63, 3.8) is 0 Å². The average Bonchev–Trinajstić information content (AvgIpc) is 2.34. The maximum Gasteiger partial charge on any atom is 0.253 e. The van der Waals surface area contributed by atoms with E-state index in [1.54, 1.807) is 17.0 Å². The number of alkyl halides is 1. The minimum absolute atomic E-state index is 0.0621. The van der Waals surface area contributed by atoms with E-state index in [2.05, 4.69) is 4.99 Å². The van der Waals surface area contributed by atoms with E-state index in [0.29, 0.717) is 5.84 Å². The summed E-state index contributed by atoms with van der Waals surface area (Å²) in [5, 5.41) is 0. The number of benzene rings is 1. The SMILES string of the molecule is CN1CCc2cc(N=C(N)CCl)ccc2C1=O. The van der Waals surface area contributed by atoms with Crippen LogP contribution in [-0.2, 0) is 6.42 Å². The molecule has 5 heteroatoms. The minimum atomic E-state index is 0.0621. The Morgan fingerprint density at radius 3 is 3.06 bits per heavy atom. The van der Waals surface area contributed by atoms with Crippen molar-refractivity contribution in [3.8, 4) is 0 Å². The molecule has 0 aromatic heterocycles. The van der Waals surface area contributed by atoms with Crippen LogP contribution in [0, 0.1) is 0 Å². The second kappa shape index (κ2) is 4.75. The summed E-state index contributed by atoms with van der Waals surface area (Å²) >= 11 is 5.57.